The molecule has 0 spiro atoms. The molecule has 94 valence electrons. The number of carbonyl (C=O) groups is 1. The molecule has 5 nitrogen and oxygen atoms in total. The highest BCUT2D eigenvalue weighted by Gasteiger charge is 2.10. The van der Waals surface area contributed by atoms with Crippen LogP contribution in [0.3, 0.4) is 0 Å². The molecule has 0 aliphatic carbocycles. The minimum absolute atomic E-state index is 0.0994. The number of H-pyrrole nitrogens is 1. The van der Waals surface area contributed by atoms with Gasteiger partial charge in [0, 0.05) is 18.9 Å². The number of rotatable bonds is 4. The van der Waals surface area contributed by atoms with Gasteiger partial charge in [0.05, 0.1) is 24.1 Å². The average Bonchev–Trinajstić information content (AvgIpc) is 2.89. The molecule has 1 aromatic carbocycles. The predicted molar refractivity (Wildman–Crippen MR) is 70.5 cm³/mol. The molecule has 3 N–H and O–H groups in total. The molecule has 0 saturated heterocycles. The first-order chi connectivity index (χ1) is 8.70. The Morgan fingerprint density at radius 1 is 1.44 bits per heavy atom. The molecule has 0 fully saturated rings. The van der Waals surface area contributed by atoms with E-state index in [-0.39, 0.29) is 5.91 Å². The number of amides is 1. The number of aryl methyl sites for hydroxylation is 1. The molecular formula is C13H16N4O. The highest BCUT2D eigenvalue weighted by atomic mass is 16.1. The summed E-state index contributed by atoms with van der Waals surface area (Å²) in [4.78, 5) is 18.9. The summed E-state index contributed by atoms with van der Waals surface area (Å²) in [5.74, 6) is -0.0994. The molecule has 0 saturated carbocycles. The number of aromatic nitrogens is 2. The van der Waals surface area contributed by atoms with Gasteiger partial charge in [0.2, 0.25) is 0 Å². The molecule has 0 bridgehead atoms. The summed E-state index contributed by atoms with van der Waals surface area (Å²) in [6.07, 6.45) is 3.28. The summed E-state index contributed by atoms with van der Waals surface area (Å²) in [6.45, 7) is 2.40. The summed E-state index contributed by atoms with van der Waals surface area (Å²) in [7, 11) is 1.80. The van der Waals surface area contributed by atoms with Crippen LogP contribution < -0.4 is 10.6 Å². The maximum Gasteiger partial charge on any atom is 0.253 e. The summed E-state index contributed by atoms with van der Waals surface area (Å²) >= 11 is 0. The molecule has 1 aromatic heterocycles. The number of carbonyl (C=O) groups excluding carboxylic acids is 1. The highest BCUT2D eigenvalue weighted by molar-refractivity contribution is 5.99. The zero-order chi connectivity index (χ0) is 13.0. The maximum absolute atomic E-state index is 12.1. The van der Waals surface area contributed by atoms with Crippen molar-refractivity contribution >= 4 is 11.6 Å². The Morgan fingerprint density at radius 2 is 2.28 bits per heavy atom. The second kappa shape index (κ2) is 5.35. The zero-order valence-electron chi connectivity index (χ0n) is 10.4. The van der Waals surface area contributed by atoms with Crippen molar-refractivity contribution in [2.45, 2.75) is 13.5 Å². The fourth-order valence-corrected chi connectivity index (χ4v) is 1.72. The molecule has 5 heteroatoms. The summed E-state index contributed by atoms with van der Waals surface area (Å²) < 4.78 is 0. The van der Waals surface area contributed by atoms with Crippen LogP contribution in [0.2, 0.25) is 0 Å². The first-order valence-corrected chi connectivity index (χ1v) is 5.74. The van der Waals surface area contributed by atoms with Gasteiger partial charge < -0.3 is 15.6 Å². The lowest BCUT2D eigenvalue weighted by molar-refractivity contribution is 0.0951. The first-order valence-electron chi connectivity index (χ1n) is 5.74. The number of hydrogen-bond acceptors (Lipinski definition) is 3. The second-order valence-electron chi connectivity index (χ2n) is 4.06. The van der Waals surface area contributed by atoms with Gasteiger partial charge >= 0.3 is 0 Å². The Balaban J connectivity index is 2.10. The third-order valence-electron chi connectivity index (χ3n) is 2.68. The fourth-order valence-electron chi connectivity index (χ4n) is 1.72. The van der Waals surface area contributed by atoms with Crippen molar-refractivity contribution in [2.75, 3.05) is 12.4 Å². The lowest BCUT2D eigenvalue weighted by atomic mass is 10.1. The molecule has 1 amide bonds. The van der Waals surface area contributed by atoms with E-state index in [9.17, 15) is 4.79 Å². The van der Waals surface area contributed by atoms with Gasteiger partial charge in [-0.05, 0) is 19.1 Å². The summed E-state index contributed by atoms with van der Waals surface area (Å²) in [6, 6.07) is 5.74. The third kappa shape index (κ3) is 2.68. The number of imidazole rings is 1. The molecule has 2 aromatic rings. The summed E-state index contributed by atoms with van der Waals surface area (Å²) in [5.41, 5.74) is 3.41. The number of hydrogen-bond donors (Lipinski definition) is 3. The molecule has 0 unspecified atom stereocenters. The van der Waals surface area contributed by atoms with Crippen molar-refractivity contribution in [3.05, 3.63) is 47.5 Å². The third-order valence-corrected chi connectivity index (χ3v) is 2.68. The van der Waals surface area contributed by atoms with Crippen molar-refractivity contribution in [2.24, 2.45) is 0 Å². The van der Waals surface area contributed by atoms with Crippen LogP contribution in [0.1, 0.15) is 21.6 Å². The Bertz CT molecular complexity index is 534. The van der Waals surface area contributed by atoms with E-state index in [2.05, 4.69) is 20.6 Å². The van der Waals surface area contributed by atoms with Gasteiger partial charge in [0.25, 0.3) is 5.91 Å². The number of nitrogens with one attached hydrogen (secondary N) is 3. The predicted octanol–water partition coefficient (Wildman–Crippen LogP) is 1.69. The molecule has 0 atom stereocenters. The molecule has 18 heavy (non-hydrogen) atoms. The van der Waals surface area contributed by atoms with Gasteiger partial charge in [-0.2, -0.15) is 0 Å². The molecule has 1 heterocycles. The topological polar surface area (TPSA) is 69.8 Å². The van der Waals surface area contributed by atoms with Crippen LogP contribution in [0.4, 0.5) is 5.69 Å². The minimum Gasteiger partial charge on any atom is -0.387 e. The first kappa shape index (κ1) is 12.2. The quantitative estimate of drug-likeness (QED) is 0.766. The number of anilines is 1. The minimum atomic E-state index is -0.0994. The van der Waals surface area contributed by atoms with E-state index in [0.29, 0.717) is 12.1 Å². The van der Waals surface area contributed by atoms with Crippen molar-refractivity contribution < 1.29 is 4.79 Å². The second-order valence-corrected chi connectivity index (χ2v) is 4.06. The lowest BCUT2D eigenvalue weighted by Gasteiger charge is -2.10. The Kier molecular flexibility index (Phi) is 3.62. The monoisotopic (exact) mass is 244 g/mol. The number of benzene rings is 1. The molecule has 0 aliphatic heterocycles. The van der Waals surface area contributed by atoms with E-state index in [1.165, 1.54) is 0 Å². The molecule has 0 radical (unpaired) electrons. The van der Waals surface area contributed by atoms with Crippen LogP contribution in [0.5, 0.6) is 0 Å². The Labute approximate surface area is 106 Å². The average molecular weight is 244 g/mol. The Hall–Kier alpha value is -2.30. The largest absolute Gasteiger partial charge is 0.387 e. The van der Waals surface area contributed by atoms with Crippen LogP contribution in [-0.4, -0.2) is 22.9 Å². The number of aromatic amines is 1. The molecule has 0 aliphatic rings. The van der Waals surface area contributed by atoms with Gasteiger partial charge in [-0.25, -0.2) is 4.98 Å². The van der Waals surface area contributed by atoms with Crippen LogP contribution in [-0.2, 0) is 6.54 Å². The van der Waals surface area contributed by atoms with Crippen molar-refractivity contribution in [3.63, 3.8) is 0 Å². The SMILES string of the molecule is CNc1ccc(C)cc1C(=O)NCc1cnc[nH]1. The van der Waals surface area contributed by atoms with Gasteiger partial charge in [-0.15, -0.1) is 0 Å². The highest BCUT2D eigenvalue weighted by Crippen LogP contribution is 2.16. The van der Waals surface area contributed by atoms with Crippen LogP contribution in [0.15, 0.2) is 30.7 Å². The smallest absolute Gasteiger partial charge is 0.253 e. The molecular weight excluding hydrogens is 228 g/mol. The van der Waals surface area contributed by atoms with Crippen molar-refractivity contribution in [1.82, 2.24) is 15.3 Å². The van der Waals surface area contributed by atoms with Crippen LogP contribution >= 0.6 is 0 Å². The van der Waals surface area contributed by atoms with Crippen LogP contribution in [0, 0.1) is 6.92 Å². The van der Waals surface area contributed by atoms with Gasteiger partial charge in [0.15, 0.2) is 0 Å². The molecule has 2 rings (SSSR count). The van der Waals surface area contributed by atoms with E-state index in [1.807, 2.05) is 25.1 Å². The standard InChI is InChI=1S/C13H16N4O/c1-9-3-4-12(14-2)11(5-9)13(18)16-7-10-6-15-8-17-10/h3-6,8,14H,7H2,1-2H3,(H,15,17)(H,16,18). The Morgan fingerprint density at radius 3 is 2.94 bits per heavy atom. The van der Waals surface area contributed by atoms with E-state index in [4.69, 9.17) is 0 Å². The van der Waals surface area contributed by atoms with E-state index in [1.54, 1.807) is 19.6 Å². The van der Waals surface area contributed by atoms with Gasteiger partial charge in [-0.3, -0.25) is 4.79 Å². The number of nitrogens with zero attached hydrogens (tertiary/aromatic N) is 1. The normalized spacial score (nSPS) is 10.1. The summed E-state index contributed by atoms with van der Waals surface area (Å²) in [5, 5.41) is 5.87. The van der Waals surface area contributed by atoms with E-state index in [0.717, 1.165) is 16.9 Å². The lowest BCUT2D eigenvalue weighted by Crippen LogP contribution is -2.24. The van der Waals surface area contributed by atoms with Gasteiger partial charge in [0.1, 0.15) is 0 Å². The van der Waals surface area contributed by atoms with Gasteiger partial charge in [-0.1, -0.05) is 11.6 Å². The van der Waals surface area contributed by atoms with E-state index >= 15 is 0 Å². The van der Waals surface area contributed by atoms with Crippen LogP contribution in [0.25, 0.3) is 0 Å². The van der Waals surface area contributed by atoms with E-state index < -0.39 is 0 Å². The van der Waals surface area contributed by atoms with Crippen molar-refractivity contribution in [1.29, 1.82) is 0 Å². The zero-order valence-corrected chi connectivity index (χ0v) is 10.4. The maximum atomic E-state index is 12.1. The van der Waals surface area contributed by atoms with Crippen molar-refractivity contribution in [3.8, 4) is 0 Å². The fraction of sp³-hybridized carbons (Fsp3) is 0.231.